The lowest BCUT2D eigenvalue weighted by molar-refractivity contribution is 0.898. The zero-order valence-electron chi connectivity index (χ0n) is 11.8. The van der Waals surface area contributed by atoms with Crippen LogP contribution >= 0.6 is 27.5 Å². The number of aromatic nitrogens is 2. The van der Waals surface area contributed by atoms with Gasteiger partial charge in [-0.25, -0.2) is 4.98 Å². The quantitative estimate of drug-likeness (QED) is 0.587. The zero-order chi connectivity index (χ0) is 14.8. The summed E-state index contributed by atoms with van der Waals surface area (Å²) in [6.07, 6.45) is 1.73. The number of fused-ring (bicyclic) bond motifs is 1. The largest absolute Gasteiger partial charge is 0.296 e. The van der Waals surface area contributed by atoms with E-state index < -0.39 is 0 Å². The van der Waals surface area contributed by atoms with Crippen LogP contribution in [-0.4, -0.2) is 15.4 Å². The Bertz CT molecular complexity index is 780. The van der Waals surface area contributed by atoms with Crippen molar-refractivity contribution < 1.29 is 0 Å². The van der Waals surface area contributed by atoms with Crippen molar-refractivity contribution in [2.24, 2.45) is 0 Å². The van der Waals surface area contributed by atoms with Crippen LogP contribution in [0.1, 0.15) is 18.3 Å². The lowest BCUT2D eigenvalue weighted by Crippen LogP contribution is -2.05. The minimum Gasteiger partial charge on any atom is -0.296 e. The van der Waals surface area contributed by atoms with E-state index in [-0.39, 0.29) is 0 Å². The van der Waals surface area contributed by atoms with Gasteiger partial charge in [-0.3, -0.25) is 4.57 Å². The van der Waals surface area contributed by atoms with E-state index in [2.05, 4.69) is 57.8 Å². The lowest BCUT2D eigenvalue weighted by Gasteiger charge is -2.13. The number of hydrogen-bond acceptors (Lipinski definition) is 1. The Morgan fingerprint density at radius 2 is 2.00 bits per heavy atom. The van der Waals surface area contributed by atoms with Crippen LogP contribution in [0.15, 0.2) is 46.9 Å². The van der Waals surface area contributed by atoms with Gasteiger partial charge in [0, 0.05) is 16.8 Å². The van der Waals surface area contributed by atoms with E-state index in [1.807, 2.05) is 12.1 Å². The number of nitrogens with zero attached hydrogens (tertiary/aromatic N) is 2. The molecule has 21 heavy (non-hydrogen) atoms. The Balaban J connectivity index is 2.30. The fourth-order valence-corrected chi connectivity index (χ4v) is 3.23. The highest BCUT2D eigenvalue weighted by Gasteiger charge is 2.14. The van der Waals surface area contributed by atoms with Gasteiger partial charge in [0.15, 0.2) is 0 Å². The average Bonchev–Trinajstić information content (AvgIpc) is 2.85. The van der Waals surface area contributed by atoms with Gasteiger partial charge in [0.2, 0.25) is 0 Å². The number of hydrogen-bond donors (Lipinski definition) is 0. The third-order valence-electron chi connectivity index (χ3n) is 3.61. The van der Waals surface area contributed by atoms with Crippen molar-refractivity contribution in [2.75, 3.05) is 5.88 Å². The minimum absolute atomic E-state index is 0.571. The Hall–Kier alpha value is -1.32. The summed E-state index contributed by atoms with van der Waals surface area (Å²) in [4.78, 5) is 4.74. The summed E-state index contributed by atoms with van der Waals surface area (Å²) in [5.41, 5.74) is 4.63. The maximum Gasteiger partial charge on any atom is 0.115 e. The van der Waals surface area contributed by atoms with Crippen molar-refractivity contribution in [1.82, 2.24) is 9.55 Å². The molecule has 4 heteroatoms. The number of aryl methyl sites for hydroxylation is 2. The number of rotatable bonds is 4. The molecule has 3 rings (SSSR count). The van der Waals surface area contributed by atoms with Gasteiger partial charge in [-0.05, 0) is 42.3 Å². The van der Waals surface area contributed by atoms with Gasteiger partial charge in [-0.2, -0.15) is 0 Å². The maximum absolute atomic E-state index is 5.96. The fraction of sp³-hybridized carbons (Fsp3) is 0.235. The molecule has 0 bridgehead atoms. The maximum atomic E-state index is 5.96. The third-order valence-corrected chi connectivity index (χ3v) is 4.29. The van der Waals surface area contributed by atoms with E-state index in [4.69, 9.17) is 16.6 Å². The molecule has 2 aromatic carbocycles. The van der Waals surface area contributed by atoms with Crippen molar-refractivity contribution in [1.29, 1.82) is 0 Å². The SMILES string of the molecule is CCc1cc(Br)ccc1-n1c(CCCl)nc2ccccc21. The van der Waals surface area contributed by atoms with Crippen LogP contribution in [0.2, 0.25) is 0 Å². The van der Waals surface area contributed by atoms with Gasteiger partial charge >= 0.3 is 0 Å². The van der Waals surface area contributed by atoms with E-state index in [9.17, 15) is 0 Å². The predicted molar refractivity (Wildman–Crippen MR) is 92.6 cm³/mol. The van der Waals surface area contributed by atoms with E-state index in [1.54, 1.807) is 0 Å². The second kappa shape index (κ2) is 6.20. The highest BCUT2D eigenvalue weighted by atomic mass is 79.9. The monoisotopic (exact) mass is 362 g/mol. The average molecular weight is 364 g/mol. The first kappa shape index (κ1) is 14.6. The normalized spacial score (nSPS) is 11.2. The van der Waals surface area contributed by atoms with Crippen molar-refractivity contribution in [3.8, 4) is 5.69 Å². The second-order valence-electron chi connectivity index (χ2n) is 4.92. The molecule has 108 valence electrons. The molecule has 0 spiro atoms. The van der Waals surface area contributed by atoms with Crippen LogP contribution in [0.3, 0.4) is 0 Å². The number of para-hydroxylation sites is 2. The first-order valence-electron chi connectivity index (χ1n) is 7.05. The summed E-state index contributed by atoms with van der Waals surface area (Å²) in [5.74, 6) is 1.59. The smallest absolute Gasteiger partial charge is 0.115 e. The molecule has 0 unspecified atom stereocenters. The highest BCUT2D eigenvalue weighted by Crippen LogP contribution is 2.27. The first-order valence-corrected chi connectivity index (χ1v) is 8.38. The molecule has 0 atom stereocenters. The Kier molecular flexibility index (Phi) is 4.32. The van der Waals surface area contributed by atoms with Crippen molar-refractivity contribution in [3.63, 3.8) is 0 Å². The van der Waals surface area contributed by atoms with Crippen molar-refractivity contribution in [3.05, 3.63) is 58.3 Å². The lowest BCUT2D eigenvalue weighted by atomic mass is 10.1. The Morgan fingerprint density at radius 1 is 1.19 bits per heavy atom. The Morgan fingerprint density at radius 3 is 2.76 bits per heavy atom. The molecular weight excluding hydrogens is 348 g/mol. The third kappa shape index (κ3) is 2.72. The summed E-state index contributed by atoms with van der Waals surface area (Å²) in [6, 6.07) is 14.6. The summed E-state index contributed by atoms with van der Waals surface area (Å²) in [6.45, 7) is 2.17. The van der Waals surface area contributed by atoms with Crippen LogP contribution in [-0.2, 0) is 12.8 Å². The molecule has 3 aromatic rings. The van der Waals surface area contributed by atoms with Crippen LogP contribution in [0.25, 0.3) is 16.7 Å². The summed E-state index contributed by atoms with van der Waals surface area (Å²) in [7, 11) is 0. The van der Waals surface area contributed by atoms with Gasteiger partial charge in [-0.15, -0.1) is 11.6 Å². The molecule has 0 amide bonds. The summed E-state index contributed by atoms with van der Waals surface area (Å²) >= 11 is 9.51. The summed E-state index contributed by atoms with van der Waals surface area (Å²) < 4.78 is 3.34. The van der Waals surface area contributed by atoms with Crippen LogP contribution in [0.4, 0.5) is 0 Å². The van der Waals surface area contributed by atoms with E-state index >= 15 is 0 Å². The second-order valence-corrected chi connectivity index (χ2v) is 6.21. The van der Waals surface area contributed by atoms with E-state index in [1.165, 1.54) is 11.3 Å². The molecule has 0 saturated carbocycles. The molecule has 0 fully saturated rings. The standard InChI is InChI=1S/C17H16BrClN2/c1-2-12-11-13(18)7-8-15(12)21-16-6-4-3-5-14(16)20-17(21)9-10-19/h3-8,11H,2,9-10H2,1H3. The topological polar surface area (TPSA) is 17.8 Å². The molecule has 1 heterocycles. The van der Waals surface area contributed by atoms with Crippen molar-refractivity contribution >= 4 is 38.6 Å². The number of benzene rings is 2. The molecule has 0 N–H and O–H groups in total. The first-order chi connectivity index (χ1) is 10.2. The van der Waals surface area contributed by atoms with Crippen LogP contribution in [0.5, 0.6) is 0 Å². The number of alkyl halides is 1. The molecule has 2 nitrogen and oxygen atoms in total. The van der Waals surface area contributed by atoms with E-state index in [0.717, 1.165) is 34.2 Å². The van der Waals surface area contributed by atoms with Gasteiger partial charge in [-0.1, -0.05) is 35.0 Å². The predicted octanol–water partition coefficient (Wildman–Crippen LogP) is 5.13. The Labute approximate surface area is 137 Å². The molecule has 0 radical (unpaired) electrons. The van der Waals surface area contributed by atoms with E-state index in [0.29, 0.717) is 5.88 Å². The number of halogens is 2. The highest BCUT2D eigenvalue weighted by molar-refractivity contribution is 9.10. The molecule has 0 aliphatic heterocycles. The minimum atomic E-state index is 0.571. The summed E-state index contributed by atoms with van der Waals surface area (Å²) in [5, 5.41) is 0. The van der Waals surface area contributed by atoms with Gasteiger partial charge in [0.25, 0.3) is 0 Å². The molecule has 0 saturated heterocycles. The van der Waals surface area contributed by atoms with Gasteiger partial charge in [0.1, 0.15) is 5.82 Å². The molecular formula is C17H16BrClN2. The van der Waals surface area contributed by atoms with Crippen LogP contribution < -0.4 is 0 Å². The van der Waals surface area contributed by atoms with Gasteiger partial charge < -0.3 is 0 Å². The fourth-order valence-electron chi connectivity index (χ4n) is 2.65. The molecule has 0 aliphatic rings. The van der Waals surface area contributed by atoms with Crippen molar-refractivity contribution in [2.45, 2.75) is 19.8 Å². The zero-order valence-corrected chi connectivity index (χ0v) is 14.2. The number of imidazole rings is 1. The molecule has 0 aliphatic carbocycles. The molecule has 1 aromatic heterocycles. The van der Waals surface area contributed by atoms with Crippen LogP contribution in [0, 0.1) is 0 Å². The van der Waals surface area contributed by atoms with Gasteiger partial charge in [0.05, 0.1) is 16.7 Å².